The van der Waals surface area contributed by atoms with Crippen molar-refractivity contribution >= 4 is 11.6 Å². The van der Waals surface area contributed by atoms with Crippen LogP contribution in [-0.2, 0) is 12.7 Å². The zero-order valence-electron chi connectivity index (χ0n) is 18.7. The van der Waals surface area contributed by atoms with E-state index in [1.165, 1.54) is 6.92 Å². The second-order valence-corrected chi connectivity index (χ2v) is 7.84. The monoisotopic (exact) mass is 546 g/mol. The first-order chi connectivity index (χ1) is 17.4. The number of rotatable bonds is 8. The molecule has 196 valence electrons. The molecular formula is C22H16ClF5N4O5. The van der Waals surface area contributed by atoms with Crippen LogP contribution in [0.15, 0.2) is 35.5 Å². The van der Waals surface area contributed by atoms with E-state index in [1.54, 1.807) is 6.07 Å². The SMILES string of the molecule is Cc1c(C#N)cc(C(F)F)cc1Oc1c(C(F)(F)F)ncn(Cc2cc(Cl)c(OCCO)c[n+]2[O-])c1=O. The number of alkyl halides is 5. The van der Waals surface area contributed by atoms with Gasteiger partial charge in [-0.05, 0) is 19.1 Å². The van der Waals surface area contributed by atoms with Crippen LogP contribution in [-0.4, -0.2) is 27.9 Å². The Bertz CT molecular complexity index is 1420. The molecule has 0 fully saturated rings. The van der Waals surface area contributed by atoms with Gasteiger partial charge in [-0.3, -0.25) is 9.36 Å². The van der Waals surface area contributed by atoms with Gasteiger partial charge in [-0.25, -0.2) is 13.8 Å². The maximum absolute atomic E-state index is 13.6. The minimum absolute atomic E-state index is 0.0802. The van der Waals surface area contributed by atoms with Crippen LogP contribution in [0, 0.1) is 23.5 Å². The molecule has 0 saturated carbocycles. The number of ether oxygens (including phenoxy) is 2. The van der Waals surface area contributed by atoms with Crippen LogP contribution in [0.3, 0.4) is 0 Å². The van der Waals surface area contributed by atoms with Crippen molar-refractivity contribution in [1.29, 1.82) is 5.26 Å². The van der Waals surface area contributed by atoms with Gasteiger partial charge < -0.3 is 19.8 Å². The van der Waals surface area contributed by atoms with Gasteiger partial charge in [-0.2, -0.15) is 23.2 Å². The highest BCUT2D eigenvalue weighted by Gasteiger charge is 2.39. The van der Waals surface area contributed by atoms with E-state index >= 15 is 0 Å². The fraction of sp³-hybridized carbons (Fsp3) is 0.273. The van der Waals surface area contributed by atoms with Gasteiger partial charge in [0.1, 0.15) is 18.9 Å². The summed E-state index contributed by atoms with van der Waals surface area (Å²) in [5.41, 5.74) is -4.41. The van der Waals surface area contributed by atoms with Crippen LogP contribution in [0.4, 0.5) is 22.0 Å². The fourth-order valence-corrected chi connectivity index (χ4v) is 3.36. The standard InChI is InChI=1S/C22H16ClF5N4O5/c1-11-13(7-29)4-12(20(24)25)5-16(11)37-18-19(22(26,27)28)30-10-31(21(18)34)8-14-6-15(23)17(9-32(14)35)36-3-2-33/h4-6,9-10,20,33H,2-3,8H2,1H3. The summed E-state index contributed by atoms with van der Waals surface area (Å²) in [6.07, 6.45) is -6.82. The molecule has 0 radical (unpaired) electrons. The number of benzene rings is 1. The predicted octanol–water partition coefficient (Wildman–Crippen LogP) is 3.88. The smallest absolute Gasteiger partial charge is 0.437 e. The third kappa shape index (κ3) is 6.07. The van der Waals surface area contributed by atoms with Crippen molar-refractivity contribution < 1.29 is 41.3 Å². The van der Waals surface area contributed by atoms with Crippen molar-refractivity contribution in [2.24, 2.45) is 0 Å². The maximum Gasteiger partial charge on any atom is 0.437 e. The second kappa shape index (κ2) is 11.0. The predicted molar refractivity (Wildman–Crippen MR) is 117 cm³/mol. The molecule has 0 aliphatic carbocycles. The number of hydrogen-bond acceptors (Lipinski definition) is 7. The summed E-state index contributed by atoms with van der Waals surface area (Å²) >= 11 is 6.03. The molecule has 0 aliphatic rings. The molecule has 0 amide bonds. The lowest BCUT2D eigenvalue weighted by Gasteiger charge is -2.17. The molecule has 0 bridgehead atoms. The van der Waals surface area contributed by atoms with Crippen molar-refractivity contribution in [3.63, 3.8) is 0 Å². The number of nitrogens with zero attached hydrogens (tertiary/aromatic N) is 4. The van der Waals surface area contributed by atoms with E-state index in [9.17, 15) is 37.2 Å². The van der Waals surface area contributed by atoms with Gasteiger partial charge in [0.2, 0.25) is 23.4 Å². The quantitative estimate of drug-likeness (QED) is 0.258. The zero-order chi connectivity index (χ0) is 27.5. The molecule has 15 heteroatoms. The van der Waals surface area contributed by atoms with Crippen molar-refractivity contribution in [3.8, 4) is 23.3 Å². The molecule has 3 rings (SSSR count). The number of hydrogen-bond donors (Lipinski definition) is 1. The van der Waals surface area contributed by atoms with Crippen molar-refractivity contribution in [2.45, 2.75) is 26.1 Å². The lowest BCUT2D eigenvalue weighted by Crippen LogP contribution is -2.35. The molecule has 1 N–H and O–H groups in total. The largest absolute Gasteiger partial charge is 0.618 e. The van der Waals surface area contributed by atoms with Crippen LogP contribution >= 0.6 is 11.6 Å². The Morgan fingerprint density at radius 3 is 2.59 bits per heavy atom. The molecule has 0 atom stereocenters. The first kappa shape index (κ1) is 27.6. The summed E-state index contributed by atoms with van der Waals surface area (Å²) in [5.74, 6) is -2.01. The normalized spacial score (nSPS) is 11.5. The fourth-order valence-electron chi connectivity index (χ4n) is 3.13. The van der Waals surface area contributed by atoms with E-state index in [1.807, 2.05) is 0 Å². The van der Waals surface area contributed by atoms with Crippen molar-refractivity contribution in [2.75, 3.05) is 13.2 Å². The molecule has 0 spiro atoms. The Labute approximate surface area is 210 Å². The van der Waals surface area contributed by atoms with E-state index in [4.69, 9.17) is 26.2 Å². The van der Waals surface area contributed by atoms with Crippen molar-refractivity contribution in [3.05, 3.63) is 79.4 Å². The molecule has 1 aromatic carbocycles. The highest BCUT2D eigenvalue weighted by Crippen LogP contribution is 2.37. The lowest BCUT2D eigenvalue weighted by molar-refractivity contribution is -0.614. The Kier molecular flexibility index (Phi) is 8.19. The van der Waals surface area contributed by atoms with E-state index < -0.39 is 47.5 Å². The number of aliphatic hydroxyl groups is 1. The van der Waals surface area contributed by atoms with Crippen molar-refractivity contribution in [1.82, 2.24) is 9.55 Å². The van der Waals surface area contributed by atoms with Gasteiger partial charge in [-0.15, -0.1) is 0 Å². The summed E-state index contributed by atoms with van der Waals surface area (Å²) < 4.78 is 78.6. The molecule has 3 aromatic rings. The highest BCUT2D eigenvalue weighted by atomic mass is 35.5. The average molecular weight is 547 g/mol. The van der Waals surface area contributed by atoms with Gasteiger partial charge in [0.15, 0.2) is 5.69 Å². The Balaban J connectivity index is 2.11. The molecule has 9 nitrogen and oxygen atoms in total. The summed E-state index contributed by atoms with van der Waals surface area (Å²) in [5, 5.41) is 30.3. The summed E-state index contributed by atoms with van der Waals surface area (Å²) in [6.45, 7) is 0.112. The number of halogens is 6. The Hall–Kier alpha value is -3.96. The van der Waals surface area contributed by atoms with Gasteiger partial charge in [0, 0.05) is 17.2 Å². The van der Waals surface area contributed by atoms with E-state index in [-0.39, 0.29) is 45.5 Å². The average Bonchev–Trinajstić information content (AvgIpc) is 2.82. The van der Waals surface area contributed by atoms with Crippen LogP contribution in [0.2, 0.25) is 5.02 Å². The molecule has 0 unspecified atom stereocenters. The molecule has 0 aliphatic heterocycles. The summed E-state index contributed by atoms with van der Waals surface area (Å²) in [4.78, 5) is 16.3. The lowest BCUT2D eigenvalue weighted by atomic mass is 10.0. The summed E-state index contributed by atoms with van der Waals surface area (Å²) in [7, 11) is 0. The number of nitriles is 1. The van der Waals surface area contributed by atoms with Gasteiger partial charge in [0.25, 0.3) is 12.0 Å². The Morgan fingerprint density at radius 2 is 2.00 bits per heavy atom. The maximum atomic E-state index is 13.6. The van der Waals surface area contributed by atoms with E-state index in [0.29, 0.717) is 17.0 Å². The van der Waals surface area contributed by atoms with Gasteiger partial charge >= 0.3 is 6.18 Å². The van der Waals surface area contributed by atoms with Crippen LogP contribution in [0.25, 0.3) is 0 Å². The van der Waals surface area contributed by atoms with E-state index in [2.05, 4.69) is 4.98 Å². The number of aromatic nitrogens is 3. The van der Waals surface area contributed by atoms with Gasteiger partial charge in [-0.1, -0.05) is 11.6 Å². The van der Waals surface area contributed by atoms with E-state index in [0.717, 1.165) is 18.3 Å². The second-order valence-electron chi connectivity index (χ2n) is 7.43. The third-order valence-electron chi connectivity index (χ3n) is 4.96. The topological polar surface area (TPSA) is 124 Å². The van der Waals surface area contributed by atoms with Crippen LogP contribution < -0.4 is 19.8 Å². The molecule has 2 heterocycles. The molecular weight excluding hydrogens is 531 g/mol. The first-order valence-corrected chi connectivity index (χ1v) is 10.6. The molecule has 2 aromatic heterocycles. The molecule has 0 saturated heterocycles. The number of pyridine rings is 1. The first-order valence-electron chi connectivity index (χ1n) is 10.2. The van der Waals surface area contributed by atoms with Crippen LogP contribution in [0.1, 0.15) is 34.5 Å². The zero-order valence-corrected chi connectivity index (χ0v) is 19.5. The highest BCUT2D eigenvalue weighted by molar-refractivity contribution is 6.32. The minimum atomic E-state index is -5.17. The van der Waals surface area contributed by atoms with Gasteiger partial charge in [0.05, 0.1) is 29.6 Å². The Morgan fingerprint density at radius 1 is 1.30 bits per heavy atom. The molecule has 37 heavy (non-hydrogen) atoms. The third-order valence-corrected chi connectivity index (χ3v) is 5.25. The number of aliphatic hydroxyl groups excluding tert-OH is 1. The summed E-state index contributed by atoms with van der Waals surface area (Å²) in [6, 6.07) is 4.31. The minimum Gasteiger partial charge on any atom is -0.618 e. The van der Waals surface area contributed by atoms with Crippen LogP contribution in [0.5, 0.6) is 17.2 Å².